The molecule has 0 fully saturated rings. The van der Waals surface area contributed by atoms with Gasteiger partial charge in [-0.25, -0.2) is 0 Å². The number of hydrogen-bond acceptors (Lipinski definition) is 6. The molecular formula is C10H14N6. The summed E-state index contributed by atoms with van der Waals surface area (Å²) in [5.41, 5.74) is 14.0. The molecule has 0 aliphatic rings. The Balaban J connectivity index is 2.11. The van der Waals surface area contributed by atoms with Gasteiger partial charge >= 0.3 is 0 Å². The van der Waals surface area contributed by atoms with Gasteiger partial charge in [0.25, 0.3) is 0 Å². The molecule has 0 heterocycles. The zero-order valence-electron chi connectivity index (χ0n) is 8.62. The highest BCUT2D eigenvalue weighted by Gasteiger charge is 1.97. The Morgan fingerprint density at radius 1 is 0.812 bits per heavy atom. The summed E-state index contributed by atoms with van der Waals surface area (Å²) in [4.78, 5) is 0. The van der Waals surface area contributed by atoms with Crippen LogP contribution in [0.15, 0.2) is 42.5 Å². The number of hydrazine groups is 5. The van der Waals surface area contributed by atoms with Gasteiger partial charge in [0, 0.05) is 5.39 Å². The zero-order chi connectivity index (χ0) is 11.2. The van der Waals surface area contributed by atoms with E-state index < -0.39 is 0 Å². The van der Waals surface area contributed by atoms with Crippen molar-refractivity contribution in [3.8, 4) is 0 Å². The van der Waals surface area contributed by atoms with Gasteiger partial charge in [0.15, 0.2) is 0 Å². The van der Waals surface area contributed by atoms with Gasteiger partial charge in [0.2, 0.25) is 0 Å². The Morgan fingerprint density at radius 2 is 1.62 bits per heavy atom. The number of hydrogen-bond donors (Lipinski definition) is 6. The third-order valence-corrected chi connectivity index (χ3v) is 2.18. The van der Waals surface area contributed by atoms with E-state index in [1.54, 1.807) is 0 Å². The van der Waals surface area contributed by atoms with Crippen molar-refractivity contribution >= 4 is 16.5 Å². The van der Waals surface area contributed by atoms with E-state index >= 15 is 0 Å². The Kier molecular flexibility index (Phi) is 3.65. The Labute approximate surface area is 93.1 Å². The van der Waals surface area contributed by atoms with Crippen molar-refractivity contribution in [2.75, 3.05) is 5.43 Å². The highest BCUT2D eigenvalue weighted by Crippen LogP contribution is 2.21. The first-order chi connectivity index (χ1) is 7.92. The monoisotopic (exact) mass is 218 g/mol. The molecule has 2 aromatic rings. The maximum atomic E-state index is 5.01. The summed E-state index contributed by atoms with van der Waals surface area (Å²) in [6.07, 6.45) is 0. The SMILES string of the molecule is NNNNNNc1cccc2ccccc12. The molecule has 0 saturated heterocycles. The standard InChI is InChI=1S/C10H14N6/c11-13-15-16-14-12-10-7-3-5-8-4-1-2-6-9(8)10/h1-7,12-16H,11H2. The molecule has 2 aromatic carbocycles. The van der Waals surface area contributed by atoms with Crippen molar-refractivity contribution in [1.82, 2.24) is 22.1 Å². The van der Waals surface area contributed by atoms with Crippen molar-refractivity contribution in [2.24, 2.45) is 5.84 Å². The lowest BCUT2D eigenvalue weighted by Crippen LogP contribution is -2.54. The fourth-order valence-corrected chi connectivity index (χ4v) is 1.50. The van der Waals surface area contributed by atoms with E-state index in [1.165, 1.54) is 5.39 Å². The first kappa shape index (κ1) is 10.8. The molecule has 6 heteroatoms. The van der Waals surface area contributed by atoms with Crippen LogP contribution in [0.3, 0.4) is 0 Å². The lowest BCUT2D eigenvalue weighted by Gasteiger charge is -2.11. The van der Waals surface area contributed by atoms with Crippen molar-refractivity contribution < 1.29 is 0 Å². The van der Waals surface area contributed by atoms with Crippen molar-refractivity contribution in [1.29, 1.82) is 0 Å². The van der Waals surface area contributed by atoms with Crippen molar-refractivity contribution in [3.05, 3.63) is 42.5 Å². The Morgan fingerprint density at radius 3 is 2.50 bits per heavy atom. The van der Waals surface area contributed by atoms with Crippen LogP contribution in [0.4, 0.5) is 5.69 Å². The summed E-state index contributed by atoms with van der Waals surface area (Å²) in [7, 11) is 0. The average Bonchev–Trinajstić information content (AvgIpc) is 2.35. The number of fused-ring (bicyclic) bond motifs is 1. The van der Waals surface area contributed by atoms with E-state index in [1.807, 2.05) is 30.3 Å². The average molecular weight is 218 g/mol. The molecule has 0 saturated carbocycles. The molecule has 0 aliphatic heterocycles. The van der Waals surface area contributed by atoms with Crippen LogP contribution in [0.2, 0.25) is 0 Å². The van der Waals surface area contributed by atoms with E-state index in [-0.39, 0.29) is 0 Å². The highest BCUT2D eigenvalue weighted by molar-refractivity contribution is 5.93. The van der Waals surface area contributed by atoms with Crippen LogP contribution in [-0.2, 0) is 0 Å². The van der Waals surface area contributed by atoms with Crippen LogP contribution in [0.1, 0.15) is 0 Å². The molecule has 7 N–H and O–H groups in total. The molecule has 2 rings (SSSR count). The van der Waals surface area contributed by atoms with Gasteiger partial charge in [-0.1, -0.05) is 36.4 Å². The number of nitrogens with two attached hydrogens (primary N) is 1. The van der Waals surface area contributed by atoms with Gasteiger partial charge < -0.3 is 5.43 Å². The molecule has 16 heavy (non-hydrogen) atoms. The molecule has 0 radical (unpaired) electrons. The Hall–Kier alpha value is -1.70. The Bertz CT molecular complexity index is 453. The number of anilines is 1. The zero-order valence-corrected chi connectivity index (χ0v) is 8.62. The van der Waals surface area contributed by atoms with Gasteiger partial charge in [0.1, 0.15) is 0 Å². The summed E-state index contributed by atoms with van der Waals surface area (Å²) in [5.74, 6) is 5.01. The van der Waals surface area contributed by atoms with Crippen LogP contribution in [-0.4, -0.2) is 0 Å². The van der Waals surface area contributed by atoms with Crippen LogP contribution >= 0.6 is 0 Å². The molecule has 0 aromatic heterocycles. The van der Waals surface area contributed by atoms with E-state index in [0.717, 1.165) is 11.1 Å². The maximum Gasteiger partial charge on any atom is 0.0579 e. The molecule has 84 valence electrons. The fraction of sp³-hybridized carbons (Fsp3) is 0. The van der Waals surface area contributed by atoms with E-state index in [4.69, 9.17) is 5.84 Å². The molecule has 0 spiro atoms. The summed E-state index contributed by atoms with van der Waals surface area (Å²) < 4.78 is 0. The van der Waals surface area contributed by atoms with E-state index in [9.17, 15) is 0 Å². The minimum absolute atomic E-state index is 0.976. The van der Waals surface area contributed by atoms with Crippen LogP contribution in [0.25, 0.3) is 10.8 Å². The predicted octanol–water partition coefficient (Wildman–Crippen LogP) is 0.144. The van der Waals surface area contributed by atoms with Crippen LogP contribution in [0, 0.1) is 0 Å². The largest absolute Gasteiger partial charge is 0.306 e. The van der Waals surface area contributed by atoms with Gasteiger partial charge in [-0.05, 0) is 11.5 Å². The maximum absolute atomic E-state index is 5.01. The topological polar surface area (TPSA) is 86.2 Å². The van der Waals surface area contributed by atoms with Crippen LogP contribution < -0.4 is 33.4 Å². The summed E-state index contributed by atoms with van der Waals surface area (Å²) in [6, 6.07) is 14.2. The third kappa shape index (κ3) is 2.45. The minimum Gasteiger partial charge on any atom is -0.306 e. The van der Waals surface area contributed by atoms with E-state index in [0.29, 0.717) is 0 Å². The summed E-state index contributed by atoms with van der Waals surface area (Å²) in [6.45, 7) is 0. The molecular weight excluding hydrogens is 204 g/mol. The number of benzene rings is 2. The quantitative estimate of drug-likeness (QED) is 0.243. The fourth-order valence-electron chi connectivity index (χ4n) is 1.50. The lowest BCUT2D eigenvalue weighted by molar-refractivity contribution is 0.397. The second-order valence-electron chi connectivity index (χ2n) is 3.17. The second-order valence-corrected chi connectivity index (χ2v) is 3.17. The van der Waals surface area contributed by atoms with Crippen molar-refractivity contribution in [3.63, 3.8) is 0 Å². The third-order valence-electron chi connectivity index (χ3n) is 2.18. The molecule has 0 amide bonds. The normalized spacial score (nSPS) is 10.6. The van der Waals surface area contributed by atoms with Gasteiger partial charge in [-0.2, -0.15) is 22.1 Å². The molecule has 0 aliphatic carbocycles. The smallest absolute Gasteiger partial charge is 0.0579 e. The molecule has 6 nitrogen and oxygen atoms in total. The molecule has 0 bridgehead atoms. The van der Waals surface area contributed by atoms with Gasteiger partial charge in [-0.3, -0.25) is 5.84 Å². The summed E-state index contributed by atoms with van der Waals surface area (Å²) >= 11 is 0. The van der Waals surface area contributed by atoms with Gasteiger partial charge in [-0.15, -0.1) is 0 Å². The predicted molar refractivity (Wildman–Crippen MR) is 64.3 cm³/mol. The first-order valence-corrected chi connectivity index (χ1v) is 4.86. The van der Waals surface area contributed by atoms with E-state index in [2.05, 4.69) is 39.7 Å². The number of rotatable bonds is 5. The first-order valence-electron chi connectivity index (χ1n) is 4.86. The molecule has 0 atom stereocenters. The number of nitrogens with one attached hydrogen (secondary N) is 5. The minimum atomic E-state index is 0.976. The second kappa shape index (κ2) is 5.40. The van der Waals surface area contributed by atoms with Crippen LogP contribution in [0.5, 0.6) is 0 Å². The lowest BCUT2D eigenvalue weighted by atomic mass is 10.1. The van der Waals surface area contributed by atoms with Crippen molar-refractivity contribution in [2.45, 2.75) is 0 Å². The highest BCUT2D eigenvalue weighted by atomic mass is 15.8. The summed E-state index contributed by atoms with van der Waals surface area (Å²) in [5, 5.41) is 2.32. The molecule has 0 unspecified atom stereocenters. The van der Waals surface area contributed by atoms with Gasteiger partial charge in [0.05, 0.1) is 5.69 Å².